The molecular weight excluding hydrogens is 511 g/mol. The summed E-state index contributed by atoms with van der Waals surface area (Å²) in [6.45, 7) is 8.45. The van der Waals surface area contributed by atoms with Crippen molar-refractivity contribution in [3.63, 3.8) is 0 Å². The van der Waals surface area contributed by atoms with Crippen LogP contribution < -0.4 is 15.4 Å². The van der Waals surface area contributed by atoms with Gasteiger partial charge in [0.2, 0.25) is 0 Å². The van der Waals surface area contributed by atoms with Crippen LogP contribution in [0.1, 0.15) is 38.7 Å². The largest absolute Gasteiger partial charge is 0.497 e. The minimum atomic E-state index is -0.217. The van der Waals surface area contributed by atoms with Crippen molar-refractivity contribution in [3.8, 4) is 5.75 Å². The summed E-state index contributed by atoms with van der Waals surface area (Å²) < 4.78 is 16.0. The summed E-state index contributed by atoms with van der Waals surface area (Å²) in [6, 6.07) is 8.21. The molecule has 0 atom stereocenters. The molecule has 1 aromatic rings. The highest BCUT2D eigenvalue weighted by atomic mass is 127. The van der Waals surface area contributed by atoms with E-state index < -0.39 is 0 Å². The van der Waals surface area contributed by atoms with Crippen LogP contribution in [0.2, 0.25) is 0 Å². The maximum Gasteiger partial charge on any atom is 0.409 e. The van der Waals surface area contributed by atoms with Gasteiger partial charge in [-0.3, -0.25) is 4.99 Å². The Balaban J connectivity index is 0.00000480. The Bertz CT molecular complexity index is 649. The predicted octanol–water partition coefficient (Wildman–Crippen LogP) is 3.40. The molecule has 1 aromatic carbocycles. The molecule has 1 saturated heterocycles. The number of benzene rings is 1. The van der Waals surface area contributed by atoms with Gasteiger partial charge in [-0.25, -0.2) is 4.79 Å². The fourth-order valence-corrected chi connectivity index (χ4v) is 3.20. The first-order chi connectivity index (χ1) is 14.7. The Morgan fingerprint density at radius 2 is 1.90 bits per heavy atom. The maximum atomic E-state index is 11.8. The number of methoxy groups -OCH3 is 1. The minimum absolute atomic E-state index is 0. The van der Waals surface area contributed by atoms with Crippen LogP contribution in [0.25, 0.3) is 0 Å². The molecule has 2 rings (SSSR count). The van der Waals surface area contributed by atoms with E-state index in [1.165, 1.54) is 0 Å². The maximum absolute atomic E-state index is 11.8. The van der Waals surface area contributed by atoms with E-state index in [4.69, 9.17) is 14.2 Å². The number of amides is 1. The molecule has 1 aliphatic rings. The van der Waals surface area contributed by atoms with Gasteiger partial charge in [-0.1, -0.05) is 12.1 Å². The molecule has 1 fully saturated rings. The third-order valence-corrected chi connectivity index (χ3v) is 4.85. The van der Waals surface area contributed by atoms with E-state index in [1.807, 2.05) is 31.2 Å². The van der Waals surface area contributed by atoms with Gasteiger partial charge in [-0.2, -0.15) is 0 Å². The summed E-state index contributed by atoms with van der Waals surface area (Å²) in [4.78, 5) is 18.2. The Morgan fingerprint density at radius 3 is 2.52 bits per heavy atom. The standard InChI is InChI=1S/C22H36N4O4.HI/c1-4-23-21(25-19-11-14-26(15-12-19)22(27)30-5-2)24-13-6-16-29-17-18-7-9-20(28-3)10-8-18;/h7-10,19H,4-6,11-17H2,1-3H3,(H2,23,24,25);1H. The van der Waals surface area contributed by atoms with Gasteiger partial charge < -0.3 is 29.7 Å². The zero-order chi connectivity index (χ0) is 21.6. The third kappa shape index (κ3) is 10.4. The SMILES string of the molecule is CCNC(=NCCCOCc1ccc(OC)cc1)NC1CCN(C(=O)OCC)CC1.I. The molecule has 0 radical (unpaired) electrons. The summed E-state index contributed by atoms with van der Waals surface area (Å²) in [5.41, 5.74) is 1.13. The molecule has 31 heavy (non-hydrogen) atoms. The second kappa shape index (κ2) is 16.0. The number of carbonyl (C=O) groups is 1. The van der Waals surface area contributed by atoms with E-state index in [9.17, 15) is 4.79 Å². The van der Waals surface area contributed by atoms with Crippen molar-refractivity contribution in [2.24, 2.45) is 4.99 Å². The monoisotopic (exact) mass is 548 g/mol. The molecule has 0 bridgehead atoms. The van der Waals surface area contributed by atoms with Crippen LogP contribution in [0, 0.1) is 0 Å². The van der Waals surface area contributed by atoms with E-state index in [0.29, 0.717) is 45.5 Å². The van der Waals surface area contributed by atoms with Crippen LogP contribution in [-0.2, 0) is 16.1 Å². The fraction of sp³-hybridized carbons (Fsp3) is 0.636. The van der Waals surface area contributed by atoms with Crippen molar-refractivity contribution in [3.05, 3.63) is 29.8 Å². The average Bonchev–Trinajstić information content (AvgIpc) is 2.77. The summed E-state index contributed by atoms with van der Waals surface area (Å²) in [6.07, 6.45) is 2.40. The lowest BCUT2D eigenvalue weighted by atomic mass is 10.1. The zero-order valence-electron chi connectivity index (χ0n) is 18.9. The quantitative estimate of drug-likeness (QED) is 0.202. The van der Waals surface area contributed by atoms with Gasteiger partial charge in [0.15, 0.2) is 5.96 Å². The van der Waals surface area contributed by atoms with Crippen molar-refractivity contribution >= 4 is 36.0 Å². The van der Waals surface area contributed by atoms with Crippen molar-refractivity contribution in [1.82, 2.24) is 15.5 Å². The minimum Gasteiger partial charge on any atom is -0.497 e. The molecule has 0 aliphatic carbocycles. The Labute approximate surface area is 203 Å². The summed E-state index contributed by atoms with van der Waals surface area (Å²) in [5, 5.41) is 6.78. The lowest BCUT2D eigenvalue weighted by molar-refractivity contribution is 0.0963. The van der Waals surface area contributed by atoms with E-state index >= 15 is 0 Å². The van der Waals surface area contributed by atoms with E-state index in [1.54, 1.807) is 12.0 Å². The Kier molecular flexibility index (Phi) is 14.1. The number of carbonyl (C=O) groups excluding carboxylic acids is 1. The molecule has 0 spiro atoms. The number of hydrogen-bond donors (Lipinski definition) is 2. The number of ether oxygens (including phenoxy) is 3. The first-order valence-electron chi connectivity index (χ1n) is 10.8. The van der Waals surface area contributed by atoms with Crippen LogP contribution in [0.4, 0.5) is 4.79 Å². The van der Waals surface area contributed by atoms with Gasteiger partial charge in [0, 0.05) is 38.8 Å². The van der Waals surface area contributed by atoms with Crippen LogP contribution in [0.15, 0.2) is 29.3 Å². The molecule has 176 valence electrons. The lowest BCUT2D eigenvalue weighted by Crippen LogP contribution is -2.49. The molecule has 2 N–H and O–H groups in total. The summed E-state index contributed by atoms with van der Waals surface area (Å²) in [7, 11) is 1.66. The van der Waals surface area contributed by atoms with E-state index in [2.05, 4.69) is 22.5 Å². The van der Waals surface area contributed by atoms with Crippen LogP contribution in [-0.4, -0.2) is 69.5 Å². The normalized spacial score (nSPS) is 14.5. The molecule has 1 heterocycles. The number of nitrogens with one attached hydrogen (secondary N) is 2. The molecule has 1 amide bonds. The number of likely N-dealkylation sites (tertiary alicyclic amines) is 1. The van der Waals surface area contributed by atoms with Gasteiger partial charge in [-0.05, 0) is 50.8 Å². The average molecular weight is 548 g/mol. The highest BCUT2D eigenvalue weighted by Crippen LogP contribution is 2.12. The topological polar surface area (TPSA) is 84.4 Å². The van der Waals surface area contributed by atoms with E-state index in [-0.39, 0.29) is 30.1 Å². The van der Waals surface area contributed by atoms with Crippen molar-refractivity contribution in [2.75, 3.05) is 46.5 Å². The van der Waals surface area contributed by atoms with Crippen LogP contribution >= 0.6 is 24.0 Å². The number of nitrogens with zero attached hydrogens (tertiary/aromatic N) is 2. The number of rotatable bonds is 10. The molecule has 0 unspecified atom stereocenters. The van der Waals surface area contributed by atoms with Crippen LogP contribution in [0.3, 0.4) is 0 Å². The molecule has 0 aromatic heterocycles. The van der Waals surface area contributed by atoms with Crippen molar-refractivity contribution < 1.29 is 19.0 Å². The van der Waals surface area contributed by atoms with Crippen molar-refractivity contribution in [1.29, 1.82) is 0 Å². The number of guanidine groups is 1. The molecule has 1 aliphatic heterocycles. The van der Waals surface area contributed by atoms with Crippen LogP contribution in [0.5, 0.6) is 5.75 Å². The third-order valence-electron chi connectivity index (χ3n) is 4.85. The highest BCUT2D eigenvalue weighted by molar-refractivity contribution is 14.0. The zero-order valence-corrected chi connectivity index (χ0v) is 21.2. The van der Waals surface area contributed by atoms with E-state index in [0.717, 1.165) is 43.1 Å². The lowest BCUT2D eigenvalue weighted by Gasteiger charge is -2.32. The summed E-state index contributed by atoms with van der Waals surface area (Å²) >= 11 is 0. The van der Waals surface area contributed by atoms with Gasteiger partial charge in [-0.15, -0.1) is 24.0 Å². The number of halogens is 1. The van der Waals surface area contributed by atoms with Crippen molar-refractivity contribution in [2.45, 2.75) is 45.8 Å². The number of piperidine rings is 1. The highest BCUT2D eigenvalue weighted by Gasteiger charge is 2.23. The Hall–Kier alpha value is -1.75. The molecule has 0 saturated carbocycles. The Morgan fingerprint density at radius 1 is 1.19 bits per heavy atom. The van der Waals surface area contributed by atoms with Gasteiger partial charge >= 0.3 is 6.09 Å². The van der Waals surface area contributed by atoms with Gasteiger partial charge in [0.1, 0.15) is 5.75 Å². The second-order valence-corrected chi connectivity index (χ2v) is 7.12. The molecule has 8 nitrogen and oxygen atoms in total. The molecule has 9 heteroatoms. The van der Waals surface area contributed by atoms with Gasteiger partial charge in [0.05, 0.1) is 20.3 Å². The first-order valence-corrected chi connectivity index (χ1v) is 10.8. The number of hydrogen-bond acceptors (Lipinski definition) is 5. The predicted molar refractivity (Wildman–Crippen MR) is 133 cm³/mol. The fourth-order valence-electron chi connectivity index (χ4n) is 3.20. The molecular formula is C22H37IN4O4. The summed E-state index contributed by atoms with van der Waals surface area (Å²) in [5.74, 6) is 1.67. The second-order valence-electron chi connectivity index (χ2n) is 7.12. The first kappa shape index (κ1) is 27.3. The smallest absolute Gasteiger partial charge is 0.409 e. The number of aliphatic imine (C=N–C) groups is 1. The van der Waals surface area contributed by atoms with Gasteiger partial charge in [0.25, 0.3) is 0 Å².